The molecule has 0 saturated carbocycles. The Morgan fingerprint density at radius 1 is 1.39 bits per heavy atom. The molecule has 0 aromatic carbocycles. The van der Waals surface area contributed by atoms with Gasteiger partial charge in [-0.2, -0.15) is 0 Å². The standard InChI is InChI=1S/C14H26N2O2/c1-10(2)8-13-15-11(3)14(17)16(13)9-12-4-6-18-7-5-12/h10-13,15H,4-9H2,1-3H3. The molecule has 18 heavy (non-hydrogen) atoms. The number of ether oxygens (including phenoxy) is 1. The number of amides is 1. The van der Waals surface area contributed by atoms with Gasteiger partial charge in [0.25, 0.3) is 0 Å². The molecule has 1 amide bonds. The van der Waals surface area contributed by atoms with E-state index in [-0.39, 0.29) is 18.1 Å². The average Bonchev–Trinajstić information content (AvgIpc) is 2.58. The SMILES string of the molecule is CC(C)CC1NC(C)C(=O)N1CC1CCOCC1. The van der Waals surface area contributed by atoms with Gasteiger partial charge < -0.3 is 9.64 Å². The quantitative estimate of drug-likeness (QED) is 0.828. The van der Waals surface area contributed by atoms with Crippen molar-refractivity contribution in [3.8, 4) is 0 Å². The third-order valence-corrected chi connectivity index (χ3v) is 3.96. The molecule has 2 aliphatic rings. The second-order valence-electron chi connectivity index (χ2n) is 6.08. The van der Waals surface area contributed by atoms with Crippen LogP contribution in [0.1, 0.15) is 40.0 Å². The lowest BCUT2D eigenvalue weighted by molar-refractivity contribution is -0.131. The maximum atomic E-state index is 12.2. The Kier molecular flexibility index (Phi) is 4.62. The minimum Gasteiger partial charge on any atom is -0.381 e. The van der Waals surface area contributed by atoms with Crippen molar-refractivity contribution >= 4 is 5.91 Å². The molecular weight excluding hydrogens is 228 g/mol. The van der Waals surface area contributed by atoms with Crippen LogP contribution < -0.4 is 5.32 Å². The molecular formula is C14H26N2O2. The monoisotopic (exact) mass is 254 g/mol. The van der Waals surface area contributed by atoms with Crippen LogP contribution in [0, 0.1) is 11.8 Å². The molecule has 4 heteroatoms. The first kappa shape index (κ1) is 13.8. The van der Waals surface area contributed by atoms with E-state index < -0.39 is 0 Å². The minimum atomic E-state index is -0.0198. The molecule has 0 bridgehead atoms. The van der Waals surface area contributed by atoms with Gasteiger partial charge in [-0.25, -0.2) is 0 Å². The van der Waals surface area contributed by atoms with E-state index in [4.69, 9.17) is 4.74 Å². The van der Waals surface area contributed by atoms with Crippen molar-refractivity contribution in [1.82, 2.24) is 10.2 Å². The summed E-state index contributed by atoms with van der Waals surface area (Å²) in [5, 5.41) is 3.42. The summed E-state index contributed by atoms with van der Waals surface area (Å²) in [6.45, 7) is 9.00. The molecule has 4 nitrogen and oxygen atoms in total. The van der Waals surface area contributed by atoms with Crippen molar-refractivity contribution in [2.75, 3.05) is 19.8 Å². The van der Waals surface area contributed by atoms with Crippen LogP contribution in [0.3, 0.4) is 0 Å². The van der Waals surface area contributed by atoms with E-state index in [9.17, 15) is 4.79 Å². The number of rotatable bonds is 4. The maximum Gasteiger partial charge on any atom is 0.240 e. The molecule has 2 rings (SSSR count). The van der Waals surface area contributed by atoms with Crippen LogP contribution in [0.15, 0.2) is 0 Å². The van der Waals surface area contributed by atoms with E-state index in [2.05, 4.69) is 24.1 Å². The number of carbonyl (C=O) groups is 1. The van der Waals surface area contributed by atoms with Gasteiger partial charge in [0.2, 0.25) is 5.91 Å². The van der Waals surface area contributed by atoms with Crippen LogP contribution in [0.25, 0.3) is 0 Å². The largest absolute Gasteiger partial charge is 0.381 e. The lowest BCUT2D eigenvalue weighted by Crippen LogP contribution is -2.42. The van der Waals surface area contributed by atoms with Gasteiger partial charge >= 0.3 is 0 Å². The molecule has 2 atom stereocenters. The van der Waals surface area contributed by atoms with E-state index in [1.54, 1.807) is 0 Å². The van der Waals surface area contributed by atoms with Crippen LogP contribution in [-0.2, 0) is 9.53 Å². The summed E-state index contributed by atoms with van der Waals surface area (Å²) < 4.78 is 5.38. The summed E-state index contributed by atoms with van der Waals surface area (Å²) in [5.74, 6) is 1.49. The average molecular weight is 254 g/mol. The zero-order valence-corrected chi connectivity index (χ0v) is 11.8. The zero-order valence-electron chi connectivity index (χ0n) is 11.8. The smallest absolute Gasteiger partial charge is 0.240 e. The fourth-order valence-corrected chi connectivity index (χ4v) is 2.92. The normalized spacial score (nSPS) is 30.4. The predicted molar refractivity (Wildman–Crippen MR) is 71.1 cm³/mol. The highest BCUT2D eigenvalue weighted by atomic mass is 16.5. The molecule has 2 heterocycles. The van der Waals surface area contributed by atoms with Crippen molar-refractivity contribution in [1.29, 1.82) is 0 Å². The van der Waals surface area contributed by atoms with Crippen LogP contribution in [0.5, 0.6) is 0 Å². The molecule has 0 aromatic heterocycles. The summed E-state index contributed by atoms with van der Waals surface area (Å²) in [4.78, 5) is 14.3. The predicted octanol–water partition coefficient (Wildman–Crippen LogP) is 1.61. The molecule has 2 unspecified atom stereocenters. The molecule has 0 aliphatic carbocycles. The van der Waals surface area contributed by atoms with Gasteiger partial charge in [0, 0.05) is 19.8 Å². The molecule has 2 saturated heterocycles. The molecule has 2 fully saturated rings. The van der Waals surface area contributed by atoms with Crippen molar-refractivity contribution in [3.63, 3.8) is 0 Å². The fraction of sp³-hybridized carbons (Fsp3) is 0.929. The van der Waals surface area contributed by atoms with Crippen molar-refractivity contribution in [2.24, 2.45) is 11.8 Å². The van der Waals surface area contributed by atoms with Gasteiger partial charge in [-0.3, -0.25) is 10.1 Å². The first-order valence-electron chi connectivity index (χ1n) is 7.22. The Balaban J connectivity index is 1.95. The topological polar surface area (TPSA) is 41.6 Å². The Bertz CT molecular complexity index is 288. The maximum absolute atomic E-state index is 12.2. The lowest BCUT2D eigenvalue weighted by atomic mass is 9.99. The summed E-state index contributed by atoms with van der Waals surface area (Å²) in [5.41, 5.74) is 0. The summed E-state index contributed by atoms with van der Waals surface area (Å²) in [6, 6.07) is -0.0198. The van der Waals surface area contributed by atoms with Gasteiger partial charge in [0.1, 0.15) is 0 Å². The number of carbonyl (C=O) groups excluding carboxylic acids is 1. The van der Waals surface area contributed by atoms with E-state index in [0.29, 0.717) is 11.8 Å². The number of hydrogen-bond donors (Lipinski definition) is 1. The van der Waals surface area contributed by atoms with E-state index in [1.807, 2.05) is 6.92 Å². The van der Waals surface area contributed by atoms with E-state index in [0.717, 1.165) is 39.0 Å². The number of nitrogens with one attached hydrogen (secondary N) is 1. The third-order valence-electron chi connectivity index (χ3n) is 3.96. The van der Waals surface area contributed by atoms with Gasteiger partial charge in [0.05, 0.1) is 12.2 Å². The lowest BCUT2D eigenvalue weighted by Gasteiger charge is -2.31. The minimum absolute atomic E-state index is 0.0198. The molecule has 1 N–H and O–H groups in total. The first-order chi connectivity index (χ1) is 8.58. The van der Waals surface area contributed by atoms with Crippen LogP contribution in [-0.4, -0.2) is 42.8 Å². The summed E-state index contributed by atoms with van der Waals surface area (Å²) >= 11 is 0. The highest BCUT2D eigenvalue weighted by molar-refractivity contribution is 5.83. The number of nitrogens with zero attached hydrogens (tertiary/aromatic N) is 1. The Hall–Kier alpha value is -0.610. The Morgan fingerprint density at radius 2 is 2.06 bits per heavy atom. The second-order valence-corrected chi connectivity index (χ2v) is 6.08. The van der Waals surface area contributed by atoms with Crippen LogP contribution in [0.4, 0.5) is 0 Å². The first-order valence-corrected chi connectivity index (χ1v) is 7.22. The van der Waals surface area contributed by atoms with Gasteiger partial charge in [-0.15, -0.1) is 0 Å². The molecule has 0 aromatic rings. The van der Waals surface area contributed by atoms with Gasteiger partial charge in [-0.05, 0) is 38.0 Å². The highest BCUT2D eigenvalue weighted by Gasteiger charge is 2.37. The van der Waals surface area contributed by atoms with Gasteiger partial charge in [0.15, 0.2) is 0 Å². The third kappa shape index (κ3) is 3.23. The molecule has 104 valence electrons. The van der Waals surface area contributed by atoms with Crippen molar-refractivity contribution < 1.29 is 9.53 Å². The van der Waals surface area contributed by atoms with Gasteiger partial charge in [-0.1, -0.05) is 13.8 Å². The Labute approximate surface area is 110 Å². The number of hydrogen-bond acceptors (Lipinski definition) is 3. The highest BCUT2D eigenvalue weighted by Crippen LogP contribution is 2.23. The fourth-order valence-electron chi connectivity index (χ4n) is 2.92. The van der Waals surface area contributed by atoms with E-state index in [1.165, 1.54) is 0 Å². The summed E-state index contributed by atoms with van der Waals surface area (Å²) in [6.07, 6.45) is 3.45. The molecule has 0 radical (unpaired) electrons. The van der Waals surface area contributed by atoms with Crippen molar-refractivity contribution in [2.45, 2.75) is 52.2 Å². The van der Waals surface area contributed by atoms with Crippen LogP contribution >= 0.6 is 0 Å². The second kappa shape index (κ2) is 6.02. The molecule has 0 spiro atoms. The van der Waals surface area contributed by atoms with E-state index >= 15 is 0 Å². The molecule has 2 aliphatic heterocycles. The van der Waals surface area contributed by atoms with Crippen LogP contribution in [0.2, 0.25) is 0 Å². The zero-order chi connectivity index (χ0) is 13.1. The van der Waals surface area contributed by atoms with Crippen molar-refractivity contribution in [3.05, 3.63) is 0 Å². The summed E-state index contributed by atoms with van der Waals surface area (Å²) in [7, 11) is 0. The Morgan fingerprint density at radius 3 is 2.67 bits per heavy atom.